The summed E-state index contributed by atoms with van der Waals surface area (Å²) in [6.07, 6.45) is 6.45. The molecule has 0 aliphatic carbocycles. The molecule has 5 heterocycles. The first-order chi connectivity index (χ1) is 15.7. The molecule has 1 aromatic carbocycles. The van der Waals surface area contributed by atoms with E-state index in [4.69, 9.17) is 0 Å². The summed E-state index contributed by atoms with van der Waals surface area (Å²) < 4.78 is 13.4. The Balaban J connectivity index is 1.50. The lowest BCUT2D eigenvalue weighted by molar-refractivity contribution is 0.473. The molecule has 0 aliphatic rings. The van der Waals surface area contributed by atoms with Crippen LogP contribution in [-0.4, -0.2) is 35.2 Å². The van der Waals surface area contributed by atoms with E-state index in [2.05, 4.69) is 30.1 Å². The zero-order valence-electron chi connectivity index (χ0n) is 16.5. The molecule has 6 aromatic rings. The average molecular weight is 422 g/mol. The zero-order chi connectivity index (χ0) is 21.7. The highest BCUT2D eigenvalue weighted by atomic mass is 19.1. The molecule has 0 saturated carbocycles. The van der Waals surface area contributed by atoms with Crippen LogP contribution in [0.15, 0.2) is 73.3 Å². The van der Waals surface area contributed by atoms with Crippen molar-refractivity contribution in [2.24, 2.45) is 0 Å². The molecule has 0 radical (unpaired) electrons. The van der Waals surface area contributed by atoms with E-state index in [1.54, 1.807) is 36.8 Å². The van der Waals surface area contributed by atoms with Crippen molar-refractivity contribution in [3.63, 3.8) is 0 Å². The lowest BCUT2D eigenvalue weighted by atomic mass is 10.0. The predicted octanol–water partition coefficient (Wildman–Crippen LogP) is 5.07. The van der Waals surface area contributed by atoms with Gasteiger partial charge in [0.25, 0.3) is 0 Å². The van der Waals surface area contributed by atoms with Crippen molar-refractivity contribution in [2.45, 2.75) is 0 Å². The van der Waals surface area contributed by atoms with Gasteiger partial charge in [-0.05, 0) is 47.5 Å². The summed E-state index contributed by atoms with van der Waals surface area (Å²) in [5.74, 6) is -0.199. The highest BCUT2D eigenvalue weighted by molar-refractivity contribution is 6.00. The molecule has 0 aliphatic heterocycles. The van der Waals surface area contributed by atoms with Gasteiger partial charge in [0.1, 0.15) is 22.9 Å². The fourth-order valence-corrected chi connectivity index (χ4v) is 3.88. The van der Waals surface area contributed by atoms with Gasteiger partial charge in [-0.2, -0.15) is 5.10 Å². The number of halogens is 1. The molecular formula is C24H15FN6O. The maximum absolute atomic E-state index is 13.4. The maximum Gasteiger partial charge on any atom is 0.138 e. The number of aromatic amines is 2. The van der Waals surface area contributed by atoms with Gasteiger partial charge < -0.3 is 10.1 Å². The number of nitrogens with one attached hydrogen (secondary N) is 2. The molecule has 3 N–H and O–H groups in total. The van der Waals surface area contributed by atoms with Gasteiger partial charge >= 0.3 is 0 Å². The normalized spacial score (nSPS) is 11.4. The third kappa shape index (κ3) is 2.97. The van der Waals surface area contributed by atoms with Gasteiger partial charge in [-0.15, -0.1) is 0 Å². The number of aromatic nitrogens is 6. The summed E-state index contributed by atoms with van der Waals surface area (Å²) in [6.45, 7) is 0. The first kappa shape index (κ1) is 18.2. The van der Waals surface area contributed by atoms with E-state index in [0.717, 1.165) is 38.8 Å². The molecule has 7 nitrogen and oxygen atoms in total. The predicted molar refractivity (Wildman–Crippen MR) is 119 cm³/mol. The number of nitrogens with zero attached hydrogens (tertiary/aromatic N) is 4. The molecule has 0 spiro atoms. The topological polar surface area (TPSA) is 103 Å². The SMILES string of the molecule is Oc1cncc(-c2cc3c(-c4cc5c(-c6ccc(F)cc6)ccnc5[nH]4)n[nH]c3cn2)c1. The van der Waals surface area contributed by atoms with E-state index < -0.39 is 0 Å². The van der Waals surface area contributed by atoms with Crippen LogP contribution >= 0.6 is 0 Å². The van der Waals surface area contributed by atoms with Gasteiger partial charge in [-0.25, -0.2) is 9.37 Å². The van der Waals surface area contributed by atoms with Gasteiger partial charge in [0, 0.05) is 28.7 Å². The molecule has 0 saturated heterocycles. The van der Waals surface area contributed by atoms with E-state index in [1.807, 2.05) is 18.2 Å². The lowest BCUT2D eigenvalue weighted by Gasteiger charge is -2.02. The molecule has 8 heteroatoms. The Bertz CT molecular complexity index is 1600. The summed E-state index contributed by atoms with van der Waals surface area (Å²) in [6, 6.07) is 13.8. The van der Waals surface area contributed by atoms with Crippen LogP contribution in [0, 0.1) is 5.82 Å². The standard InChI is InChI=1S/C24H15FN6O/c25-15-3-1-13(2-4-15)17-5-6-27-24-18(17)8-21(29-24)23-19-9-20(28-12-22(19)30-31-23)14-7-16(32)11-26-10-14/h1-12,32H,(H,27,29)(H,30,31). The number of aromatic hydroxyl groups is 1. The van der Waals surface area contributed by atoms with Gasteiger partial charge in [0.05, 0.1) is 29.3 Å². The first-order valence-electron chi connectivity index (χ1n) is 9.88. The average Bonchev–Trinajstić information content (AvgIpc) is 3.43. The Hall–Kier alpha value is -4.59. The molecular weight excluding hydrogens is 407 g/mol. The molecule has 0 unspecified atom stereocenters. The molecule has 32 heavy (non-hydrogen) atoms. The van der Waals surface area contributed by atoms with Crippen LogP contribution in [0.25, 0.3) is 55.7 Å². The third-order valence-corrected chi connectivity index (χ3v) is 5.41. The number of pyridine rings is 3. The van der Waals surface area contributed by atoms with Gasteiger partial charge in [0.2, 0.25) is 0 Å². The van der Waals surface area contributed by atoms with E-state index in [9.17, 15) is 9.50 Å². The molecule has 0 atom stereocenters. The van der Waals surface area contributed by atoms with Crippen molar-refractivity contribution in [3.05, 3.63) is 79.1 Å². The molecule has 0 bridgehead atoms. The Morgan fingerprint density at radius 3 is 2.56 bits per heavy atom. The van der Waals surface area contributed by atoms with Gasteiger partial charge in [-0.1, -0.05) is 12.1 Å². The molecule has 6 rings (SSSR count). The van der Waals surface area contributed by atoms with Crippen molar-refractivity contribution in [3.8, 4) is 39.5 Å². The number of rotatable bonds is 3. The minimum Gasteiger partial charge on any atom is -0.506 e. The summed E-state index contributed by atoms with van der Waals surface area (Å²) in [5.41, 5.74) is 6.23. The van der Waals surface area contributed by atoms with Gasteiger partial charge in [-0.3, -0.25) is 15.1 Å². The lowest BCUT2D eigenvalue weighted by Crippen LogP contribution is -1.85. The zero-order valence-corrected chi connectivity index (χ0v) is 16.5. The fourth-order valence-electron chi connectivity index (χ4n) is 3.88. The summed E-state index contributed by atoms with van der Waals surface area (Å²) in [4.78, 5) is 16.3. The second-order valence-corrected chi connectivity index (χ2v) is 7.43. The minimum absolute atomic E-state index is 0.0758. The van der Waals surface area contributed by atoms with Crippen LogP contribution in [0.3, 0.4) is 0 Å². The van der Waals surface area contributed by atoms with Crippen LogP contribution in [-0.2, 0) is 0 Å². The maximum atomic E-state index is 13.4. The molecule has 5 aromatic heterocycles. The Kier molecular flexibility index (Phi) is 3.97. The van der Waals surface area contributed by atoms with Gasteiger partial charge in [0.15, 0.2) is 0 Å². The molecule has 0 amide bonds. The smallest absolute Gasteiger partial charge is 0.138 e. The second-order valence-electron chi connectivity index (χ2n) is 7.43. The van der Waals surface area contributed by atoms with E-state index in [1.165, 1.54) is 18.3 Å². The minimum atomic E-state index is -0.275. The summed E-state index contributed by atoms with van der Waals surface area (Å²) in [5, 5.41) is 19.0. The summed E-state index contributed by atoms with van der Waals surface area (Å²) >= 11 is 0. The van der Waals surface area contributed by atoms with Crippen molar-refractivity contribution in [2.75, 3.05) is 0 Å². The van der Waals surface area contributed by atoms with Crippen molar-refractivity contribution < 1.29 is 9.50 Å². The molecule has 154 valence electrons. The Labute approximate surface area is 180 Å². The van der Waals surface area contributed by atoms with Crippen LogP contribution in [0.4, 0.5) is 4.39 Å². The quantitative estimate of drug-likeness (QED) is 0.369. The van der Waals surface area contributed by atoms with Crippen molar-refractivity contribution in [1.29, 1.82) is 0 Å². The highest BCUT2D eigenvalue weighted by Crippen LogP contribution is 2.34. The first-order valence-corrected chi connectivity index (χ1v) is 9.88. The number of fused-ring (bicyclic) bond motifs is 2. The van der Waals surface area contributed by atoms with E-state index >= 15 is 0 Å². The monoisotopic (exact) mass is 422 g/mol. The van der Waals surface area contributed by atoms with Crippen LogP contribution < -0.4 is 0 Å². The largest absolute Gasteiger partial charge is 0.506 e. The second kappa shape index (κ2) is 6.98. The number of benzene rings is 1. The van der Waals surface area contributed by atoms with Crippen LogP contribution in [0.5, 0.6) is 5.75 Å². The van der Waals surface area contributed by atoms with E-state index in [0.29, 0.717) is 16.9 Å². The van der Waals surface area contributed by atoms with Crippen LogP contribution in [0.1, 0.15) is 0 Å². The summed E-state index contributed by atoms with van der Waals surface area (Å²) in [7, 11) is 0. The number of H-pyrrole nitrogens is 2. The van der Waals surface area contributed by atoms with Crippen LogP contribution in [0.2, 0.25) is 0 Å². The van der Waals surface area contributed by atoms with Crippen molar-refractivity contribution in [1.82, 2.24) is 30.1 Å². The number of hydrogen-bond donors (Lipinski definition) is 3. The van der Waals surface area contributed by atoms with E-state index in [-0.39, 0.29) is 11.6 Å². The fraction of sp³-hybridized carbons (Fsp3) is 0. The number of hydrogen-bond acceptors (Lipinski definition) is 5. The third-order valence-electron chi connectivity index (χ3n) is 5.41. The van der Waals surface area contributed by atoms with Crippen molar-refractivity contribution >= 4 is 21.9 Å². The molecule has 0 fully saturated rings. The highest BCUT2D eigenvalue weighted by Gasteiger charge is 2.15. The Morgan fingerprint density at radius 2 is 1.72 bits per heavy atom. The Morgan fingerprint density at radius 1 is 0.844 bits per heavy atom.